The van der Waals surface area contributed by atoms with Crippen molar-refractivity contribution in [3.8, 4) is 5.75 Å². The Morgan fingerprint density at radius 2 is 1.39 bits per heavy atom. The minimum atomic E-state index is -0.309. The van der Waals surface area contributed by atoms with Crippen LogP contribution in [0.15, 0.2) is 83.8 Å². The molecule has 172 valence electrons. The maximum atomic E-state index is 12.6. The van der Waals surface area contributed by atoms with E-state index < -0.39 is 0 Å². The van der Waals surface area contributed by atoms with E-state index in [2.05, 4.69) is 22.9 Å². The number of benzene rings is 3. The lowest BCUT2D eigenvalue weighted by atomic mass is 10.3. The molecule has 0 bridgehead atoms. The summed E-state index contributed by atoms with van der Waals surface area (Å²) in [6, 6.07) is 23.8. The van der Waals surface area contributed by atoms with Gasteiger partial charge in [0.25, 0.3) is 0 Å². The van der Waals surface area contributed by atoms with Gasteiger partial charge in [-0.05, 0) is 74.0 Å². The molecule has 1 unspecified atom stereocenters. The average molecular weight is 464 g/mol. The number of unbranched alkanes of at least 4 members (excludes halogenated alkanes) is 1. The molecular formula is C26H29N3O3S. The highest BCUT2D eigenvalue weighted by Gasteiger charge is 2.15. The molecule has 0 radical (unpaired) electrons. The van der Waals surface area contributed by atoms with Gasteiger partial charge in [-0.3, -0.25) is 4.79 Å². The van der Waals surface area contributed by atoms with Crippen molar-refractivity contribution in [3.05, 3.63) is 78.9 Å². The average Bonchev–Trinajstić information content (AvgIpc) is 2.82. The standard InChI is InChI=1S/C26H29N3O3S/c1-3-4-18-32-23-14-10-21(11-15-23)27-25(30)19(2)33-24-16-12-22(13-17-24)29-26(31)28-20-8-6-5-7-9-20/h5-17,19H,3-4,18H2,1-2H3,(H,27,30)(H2,28,29,31). The van der Waals surface area contributed by atoms with E-state index >= 15 is 0 Å². The Bertz CT molecular complexity index is 1020. The quantitative estimate of drug-likeness (QED) is 0.233. The summed E-state index contributed by atoms with van der Waals surface area (Å²) in [5.74, 6) is 0.721. The van der Waals surface area contributed by atoms with Crippen LogP contribution in [0.3, 0.4) is 0 Å². The summed E-state index contributed by atoms with van der Waals surface area (Å²) in [7, 11) is 0. The molecule has 0 aliphatic rings. The minimum absolute atomic E-state index is 0.0795. The predicted molar refractivity (Wildman–Crippen MR) is 136 cm³/mol. The zero-order valence-corrected chi connectivity index (χ0v) is 19.7. The van der Waals surface area contributed by atoms with Crippen LogP contribution in [-0.2, 0) is 4.79 Å². The first-order valence-electron chi connectivity index (χ1n) is 11.0. The zero-order valence-electron chi connectivity index (χ0n) is 18.8. The molecule has 3 aromatic carbocycles. The van der Waals surface area contributed by atoms with Gasteiger partial charge in [-0.25, -0.2) is 4.79 Å². The molecule has 0 aliphatic carbocycles. The number of nitrogens with one attached hydrogen (secondary N) is 3. The maximum Gasteiger partial charge on any atom is 0.323 e. The number of carbonyl (C=O) groups excluding carboxylic acids is 2. The molecule has 0 saturated heterocycles. The first-order valence-corrected chi connectivity index (χ1v) is 11.8. The van der Waals surface area contributed by atoms with Crippen LogP contribution >= 0.6 is 11.8 Å². The Balaban J connectivity index is 1.46. The summed E-state index contributed by atoms with van der Waals surface area (Å²) in [5, 5.41) is 8.22. The molecular weight excluding hydrogens is 434 g/mol. The summed E-state index contributed by atoms with van der Waals surface area (Å²) in [6.07, 6.45) is 2.11. The van der Waals surface area contributed by atoms with Gasteiger partial charge in [0, 0.05) is 22.0 Å². The van der Waals surface area contributed by atoms with Crippen molar-refractivity contribution in [3.63, 3.8) is 0 Å². The highest BCUT2D eigenvalue weighted by atomic mass is 32.2. The number of rotatable bonds is 10. The van der Waals surface area contributed by atoms with Crippen LogP contribution in [0.1, 0.15) is 26.7 Å². The monoisotopic (exact) mass is 463 g/mol. The highest BCUT2D eigenvalue weighted by molar-refractivity contribution is 8.00. The number of carbonyl (C=O) groups is 2. The third-order valence-electron chi connectivity index (χ3n) is 4.71. The van der Waals surface area contributed by atoms with Crippen molar-refractivity contribution in [2.75, 3.05) is 22.6 Å². The number of para-hydroxylation sites is 1. The van der Waals surface area contributed by atoms with E-state index in [1.165, 1.54) is 11.8 Å². The first kappa shape index (κ1) is 24.2. The van der Waals surface area contributed by atoms with Gasteiger partial charge in [-0.2, -0.15) is 0 Å². The number of hydrogen-bond acceptors (Lipinski definition) is 4. The van der Waals surface area contributed by atoms with Crippen LogP contribution in [0.25, 0.3) is 0 Å². The smallest absolute Gasteiger partial charge is 0.323 e. The van der Waals surface area contributed by atoms with E-state index in [0.29, 0.717) is 12.3 Å². The minimum Gasteiger partial charge on any atom is -0.494 e. The van der Waals surface area contributed by atoms with Crippen molar-refractivity contribution >= 4 is 40.8 Å². The summed E-state index contributed by atoms with van der Waals surface area (Å²) >= 11 is 1.45. The van der Waals surface area contributed by atoms with E-state index in [-0.39, 0.29) is 17.2 Å². The molecule has 7 heteroatoms. The lowest BCUT2D eigenvalue weighted by Gasteiger charge is -2.13. The van der Waals surface area contributed by atoms with E-state index in [1.54, 1.807) is 0 Å². The summed E-state index contributed by atoms with van der Waals surface area (Å²) in [6.45, 7) is 4.68. The van der Waals surface area contributed by atoms with Crippen molar-refractivity contribution in [1.29, 1.82) is 0 Å². The normalized spacial score (nSPS) is 11.3. The highest BCUT2D eigenvalue weighted by Crippen LogP contribution is 2.26. The van der Waals surface area contributed by atoms with Crippen LogP contribution in [-0.4, -0.2) is 23.8 Å². The fourth-order valence-electron chi connectivity index (χ4n) is 2.90. The van der Waals surface area contributed by atoms with Crippen LogP contribution < -0.4 is 20.7 Å². The molecule has 3 amide bonds. The Morgan fingerprint density at radius 1 is 0.818 bits per heavy atom. The van der Waals surface area contributed by atoms with Crippen LogP contribution in [0, 0.1) is 0 Å². The number of ether oxygens (including phenoxy) is 1. The van der Waals surface area contributed by atoms with E-state index in [0.717, 1.165) is 34.9 Å². The molecule has 0 spiro atoms. The van der Waals surface area contributed by atoms with Crippen LogP contribution in [0.4, 0.5) is 21.9 Å². The molecule has 0 aliphatic heterocycles. The van der Waals surface area contributed by atoms with Crippen molar-refractivity contribution in [2.24, 2.45) is 0 Å². The van der Waals surface area contributed by atoms with Crippen LogP contribution in [0.5, 0.6) is 5.75 Å². The topological polar surface area (TPSA) is 79.5 Å². The Hall–Kier alpha value is -3.45. The third-order valence-corrected chi connectivity index (χ3v) is 5.83. The molecule has 0 fully saturated rings. The molecule has 33 heavy (non-hydrogen) atoms. The van der Waals surface area contributed by atoms with E-state index in [9.17, 15) is 9.59 Å². The van der Waals surface area contributed by atoms with E-state index in [4.69, 9.17) is 4.74 Å². The second-order valence-corrected chi connectivity index (χ2v) is 8.86. The number of hydrogen-bond donors (Lipinski definition) is 3. The zero-order chi connectivity index (χ0) is 23.5. The fraction of sp³-hybridized carbons (Fsp3) is 0.231. The van der Waals surface area contributed by atoms with Gasteiger partial charge >= 0.3 is 6.03 Å². The molecule has 0 saturated carbocycles. The number of urea groups is 1. The molecule has 6 nitrogen and oxygen atoms in total. The Morgan fingerprint density at radius 3 is 2.03 bits per heavy atom. The lowest BCUT2D eigenvalue weighted by molar-refractivity contribution is -0.115. The molecule has 0 aromatic heterocycles. The van der Waals surface area contributed by atoms with E-state index in [1.807, 2.05) is 85.8 Å². The van der Waals surface area contributed by atoms with Crippen molar-refractivity contribution in [1.82, 2.24) is 0 Å². The number of anilines is 3. The molecule has 1 atom stereocenters. The van der Waals surface area contributed by atoms with Gasteiger partial charge < -0.3 is 20.7 Å². The number of amides is 3. The molecule has 3 rings (SSSR count). The third kappa shape index (κ3) is 8.20. The molecule has 3 aromatic rings. The van der Waals surface area contributed by atoms with Gasteiger partial charge in [0.15, 0.2) is 0 Å². The van der Waals surface area contributed by atoms with Gasteiger partial charge in [-0.1, -0.05) is 31.5 Å². The summed E-state index contributed by atoms with van der Waals surface area (Å²) in [4.78, 5) is 25.6. The van der Waals surface area contributed by atoms with Gasteiger partial charge in [-0.15, -0.1) is 11.8 Å². The van der Waals surface area contributed by atoms with Crippen molar-refractivity contribution < 1.29 is 14.3 Å². The number of thioether (sulfide) groups is 1. The summed E-state index contributed by atoms with van der Waals surface area (Å²) in [5.41, 5.74) is 2.13. The fourth-order valence-corrected chi connectivity index (χ4v) is 3.77. The largest absolute Gasteiger partial charge is 0.494 e. The van der Waals surface area contributed by atoms with Gasteiger partial charge in [0.1, 0.15) is 5.75 Å². The molecule has 0 heterocycles. The summed E-state index contributed by atoms with van der Waals surface area (Å²) < 4.78 is 5.65. The van der Waals surface area contributed by atoms with Gasteiger partial charge in [0.2, 0.25) is 5.91 Å². The predicted octanol–water partition coefficient (Wildman–Crippen LogP) is 6.63. The maximum absolute atomic E-state index is 12.6. The lowest BCUT2D eigenvalue weighted by Crippen LogP contribution is -2.22. The second kappa shape index (κ2) is 12.6. The Labute approximate surface area is 199 Å². The Kier molecular flexibility index (Phi) is 9.20. The SMILES string of the molecule is CCCCOc1ccc(NC(=O)C(C)Sc2ccc(NC(=O)Nc3ccccc3)cc2)cc1. The first-order chi connectivity index (χ1) is 16.0. The molecule has 3 N–H and O–H groups in total. The van der Waals surface area contributed by atoms with Gasteiger partial charge in [0.05, 0.1) is 11.9 Å². The second-order valence-electron chi connectivity index (χ2n) is 7.45. The van der Waals surface area contributed by atoms with Crippen molar-refractivity contribution in [2.45, 2.75) is 36.8 Å². The van der Waals surface area contributed by atoms with Crippen LogP contribution in [0.2, 0.25) is 0 Å².